The van der Waals surface area contributed by atoms with Gasteiger partial charge in [0.25, 0.3) is 11.6 Å². The van der Waals surface area contributed by atoms with Crippen LogP contribution in [0.1, 0.15) is 33.2 Å². The van der Waals surface area contributed by atoms with Crippen molar-refractivity contribution < 1.29 is 42.3 Å². The average Bonchev–Trinajstić information content (AvgIpc) is 2.75. The standard InChI is InChI=1S/C20H19F3N2O7/c1-2-31-19(28)13-6-12(7-15(8-13)25(29)30)18(27)24-10-16(26)11-32-17-5-3-4-14(9-17)20(21,22)23/h3-9,16,26H,2,10-11H2,1H3,(H,24,27). The number of nitro groups is 1. The molecule has 172 valence electrons. The molecular formula is C20H19F3N2O7. The second kappa shape index (κ2) is 10.6. The molecule has 0 saturated carbocycles. The Labute approximate surface area is 179 Å². The topological polar surface area (TPSA) is 128 Å². The van der Waals surface area contributed by atoms with Crippen molar-refractivity contribution in [3.05, 3.63) is 69.3 Å². The first-order chi connectivity index (χ1) is 15.0. The molecule has 0 saturated heterocycles. The van der Waals surface area contributed by atoms with E-state index in [-0.39, 0.29) is 30.0 Å². The van der Waals surface area contributed by atoms with E-state index in [0.717, 1.165) is 36.4 Å². The normalized spacial score (nSPS) is 12.0. The van der Waals surface area contributed by atoms with Crippen molar-refractivity contribution in [3.8, 4) is 5.75 Å². The lowest BCUT2D eigenvalue weighted by molar-refractivity contribution is -0.384. The maximum absolute atomic E-state index is 12.7. The first-order valence-corrected chi connectivity index (χ1v) is 9.24. The molecule has 0 aliphatic carbocycles. The minimum Gasteiger partial charge on any atom is -0.491 e. The number of aliphatic hydroxyl groups excluding tert-OH is 1. The van der Waals surface area contributed by atoms with E-state index in [4.69, 9.17) is 9.47 Å². The van der Waals surface area contributed by atoms with Gasteiger partial charge in [-0.15, -0.1) is 0 Å². The summed E-state index contributed by atoms with van der Waals surface area (Å²) in [5.41, 5.74) is -1.83. The number of alkyl halides is 3. The third-order valence-electron chi connectivity index (χ3n) is 4.00. The quantitative estimate of drug-likeness (QED) is 0.337. The van der Waals surface area contributed by atoms with E-state index >= 15 is 0 Å². The van der Waals surface area contributed by atoms with E-state index in [0.29, 0.717) is 0 Å². The van der Waals surface area contributed by atoms with Crippen LogP contribution in [0.15, 0.2) is 42.5 Å². The van der Waals surface area contributed by atoms with Crippen molar-refractivity contribution in [2.24, 2.45) is 0 Å². The number of nitro benzene ring substituents is 1. The molecule has 1 atom stereocenters. The number of halogens is 3. The van der Waals surface area contributed by atoms with Gasteiger partial charge >= 0.3 is 12.1 Å². The molecular weight excluding hydrogens is 437 g/mol. The van der Waals surface area contributed by atoms with E-state index < -0.39 is 46.9 Å². The lowest BCUT2D eigenvalue weighted by atomic mass is 10.1. The Morgan fingerprint density at radius 1 is 1.19 bits per heavy atom. The van der Waals surface area contributed by atoms with Gasteiger partial charge in [0.2, 0.25) is 0 Å². The molecule has 32 heavy (non-hydrogen) atoms. The van der Waals surface area contributed by atoms with E-state index in [1.807, 2.05) is 0 Å². The van der Waals surface area contributed by atoms with Crippen molar-refractivity contribution in [2.45, 2.75) is 19.2 Å². The number of ether oxygens (including phenoxy) is 2. The fourth-order valence-corrected chi connectivity index (χ4v) is 2.51. The van der Waals surface area contributed by atoms with E-state index in [1.54, 1.807) is 6.92 Å². The zero-order valence-corrected chi connectivity index (χ0v) is 16.7. The predicted molar refractivity (Wildman–Crippen MR) is 104 cm³/mol. The summed E-state index contributed by atoms with van der Waals surface area (Å²) in [6.07, 6.45) is -5.84. The predicted octanol–water partition coefficient (Wildman–Crippen LogP) is 2.96. The van der Waals surface area contributed by atoms with Crippen molar-refractivity contribution in [1.82, 2.24) is 5.32 Å². The van der Waals surface area contributed by atoms with Gasteiger partial charge in [-0.3, -0.25) is 14.9 Å². The van der Waals surface area contributed by atoms with E-state index in [9.17, 15) is 38.0 Å². The van der Waals surface area contributed by atoms with Gasteiger partial charge in [0.15, 0.2) is 0 Å². The molecule has 0 aliphatic rings. The number of benzene rings is 2. The Morgan fingerprint density at radius 2 is 1.88 bits per heavy atom. The van der Waals surface area contributed by atoms with Crippen LogP contribution < -0.4 is 10.1 Å². The highest BCUT2D eigenvalue weighted by Gasteiger charge is 2.30. The van der Waals surface area contributed by atoms with Crippen LogP contribution in [-0.4, -0.2) is 47.8 Å². The van der Waals surface area contributed by atoms with Gasteiger partial charge in [-0.05, 0) is 31.2 Å². The Balaban J connectivity index is 1.99. The number of hydrogen-bond acceptors (Lipinski definition) is 7. The van der Waals surface area contributed by atoms with Gasteiger partial charge in [-0.1, -0.05) is 6.07 Å². The Morgan fingerprint density at radius 3 is 2.50 bits per heavy atom. The highest BCUT2D eigenvalue weighted by atomic mass is 19.4. The monoisotopic (exact) mass is 456 g/mol. The van der Waals surface area contributed by atoms with E-state index in [2.05, 4.69) is 5.32 Å². The number of rotatable bonds is 9. The minimum atomic E-state index is -4.55. The maximum atomic E-state index is 12.7. The molecule has 2 N–H and O–H groups in total. The van der Waals surface area contributed by atoms with Gasteiger partial charge in [-0.2, -0.15) is 13.2 Å². The first-order valence-electron chi connectivity index (χ1n) is 9.24. The first kappa shape index (κ1) is 24.6. The lowest BCUT2D eigenvalue weighted by Gasteiger charge is -2.14. The van der Waals surface area contributed by atoms with Crippen LogP contribution in [0.5, 0.6) is 5.75 Å². The number of amides is 1. The van der Waals surface area contributed by atoms with Gasteiger partial charge in [0.1, 0.15) is 18.5 Å². The zero-order valence-electron chi connectivity index (χ0n) is 16.7. The molecule has 0 radical (unpaired) electrons. The zero-order chi connectivity index (χ0) is 23.9. The van der Waals surface area contributed by atoms with Crippen LogP contribution in [0.25, 0.3) is 0 Å². The largest absolute Gasteiger partial charge is 0.491 e. The number of nitrogens with zero attached hydrogens (tertiary/aromatic N) is 1. The smallest absolute Gasteiger partial charge is 0.416 e. The number of esters is 1. The molecule has 9 nitrogen and oxygen atoms in total. The van der Waals surface area contributed by atoms with Crippen LogP contribution in [0, 0.1) is 10.1 Å². The molecule has 0 aromatic heterocycles. The summed E-state index contributed by atoms with van der Waals surface area (Å²) >= 11 is 0. The van der Waals surface area contributed by atoms with Crippen molar-refractivity contribution in [3.63, 3.8) is 0 Å². The number of nitrogens with one attached hydrogen (secondary N) is 1. The highest BCUT2D eigenvalue weighted by molar-refractivity contribution is 5.99. The molecule has 0 aliphatic heterocycles. The molecule has 2 aromatic rings. The highest BCUT2D eigenvalue weighted by Crippen LogP contribution is 2.31. The molecule has 0 heterocycles. The molecule has 0 bridgehead atoms. The number of carbonyl (C=O) groups is 2. The summed E-state index contributed by atoms with van der Waals surface area (Å²) in [4.78, 5) is 34.5. The molecule has 1 amide bonds. The summed E-state index contributed by atoms with van der Waals surface area (Å²) in [6, 6.07) is 7.08. The lowest BCUT2D eigenvalue weighted by Crippen LogP contribution is -2.35. The summed E-state index contributed by atoms with van der Waals surface area (Å²) in [7, 11) is 0. The number of non-ortho nitro benzene ring substituents is 1. The summed E-state index contributed by atoms with van der Waals surface area (Å²) in [6.45, 7) is 0.784. The van der Waals surface area contributed by atoms with Crippen LogP contribution in [-0.2, 0) is 10.9 Å². The number of carbonyl (C=O) groups excluding carboxylic acids is 2. The minimum absolute atomic E-state index is 0.0289. The molecule has 2 rings (SSSR count). The van der Waals surface area contributed by atoms with Crippen LogP contribution in [0.4, 0.5) is 18.9 Å². The SMILES string of the molecule is CCOC(=O)c1cc(C(=O)NCC(O)COc2cccc(C(F)(F)F)c2)cc([N+](=O)[O-])c1. The van der Waals surface area contributed by atoms with E-state index in [1.165, 1.54) is 6.07 Å². The van der Waals surface area contributed by atoms with Crippen LogP contribution >= 0.6 is 0 Å². The van der Waals surface area contributed by atoms with Crippen molar-refractivity contribution in [1.29, 1.82) is 0 Å². The number of hydrogen-bond donors (Lipinski definition) is 2. The fourth-order valence-electron chi connectivity index (χ4n) is 2.51. The third-order valence-corrected chi connectivity index (χ3v) is 4.00. The average molecular weight is 456 g/mol. The van der Waals surface area contributed by atoms with Crippen molar-refractivity contribution in [2.75, 3.05) is 19.8 Å². The van der Waals surface area contributed by atoms with Crippen LogP contribution in [0.2, 0.25) is 0 Å². The second-order valence-corrected chi connectivity index (χ2v) is 6.45. The number of aliphatic hydroxyl groups is 1. The molecule has 2 aromatic carbocycles. The van der Waals surface area contributed by atoms with Gasteiger partial charge in [-0.25, -0.2) is 4.79 Å². The third kappa shape index (κ3) is 6.94. The van der Waals surface area contributed by atoms with Gasteiger partial charge in [0.05, 0.1) is 22.7 Å². The Hall–Kier alpha value is -3.67. The second-order valence-electron chi connectivity index (χ2n) is 6.45. The Kier molecular flexibility index (Phi) is 8.13. The summed E-state index contributed by atoms with van der Waals surface area (Å²) in [5.74, 6) is -1.79. The maximum Gasteiger partial charge on any atom is 0.416 e. The van der Waals surface area contributed by atoms with Gasteiger partial charge in [0, 0.05) is 24.2 Å². The summed E-state index contributed by atoms with van der Waals surface area (Å²) < 4.78 is 48.0. The van der Waals surface area contributed by atoms with Crippen LogP contribution in [0.3, 0.4) is 0 Å². The molecule has 12 heteroatoms. The molecule has 0 fully saturated rings. The van der Waals surface area contributed by atoms with Gasteiger partial charge < -0.3 is 19.9 Å². The Bertz CT molecular complexity index is 995. The van der Waals surface area contributed by atoms with Crippen molar-refractivity contribution >= 4 is 17.6 Å². The fraction of sp³-hybridized carbons (Fsp3) is 0.300. The molecule has 0 spiro atoms. The summed E-state index contributed by atoms with van der Waals surface area (Å²) in [5, 5.41) is 23.3. The molecule has 1 unspecified atom stereocenters.